The predicted octanol–water partition coefficient (Wildman–Crippen LogP) is 17.3. The molecule has 0 saturated heterocycles. The van der Waals surface area contributed by atoms with E-state index in [1.807, 2.05) is 0 Å². The first-order valence-electron chi connectivity index (χ1n) is 26.5. The van der Waals surface area contributed by atoms with E-state index in [9.17, 15) is 14.4 Å². The topological polar surface area (TPSA) is 78.9 Å². The highest BCUT2D eigenvalue weighted by Gasteiger charge is 2.19. The lowest BCUT2D eigenvalue weighted by molar-refractivity contribution is -0.167. The molecule has 6 heteroatoms. The largest absolute Gasteiger partial charge is 0.462 e. The predicted molar refractivity (Wildman–Crippen MR) is 261 cm³/mol. The van der Waals surface area contributed by atoms with E-state index in [0.29, 0.717) is 19.3 Å². The van der Waals surface area contributed by atoms with Crippen molar-refractivity contribution >= 4 is 17.9 Å². The number of hydrogen-bond acceptors (Lipinski definition) is 6. The maximum absolute atomic E-state index is 12.8. The maximum atomic E-state index is 12.8. The molecule has 0 heterocycles. The summed E-state index contributed by atoms with van der Waals surface area (Å²) in [7, 11) is 0. The summed E-state index contributed by atoms with van der Waals surface area (Å²) >= 11 is 0. The lowest BCUT2D eigenvalue weighted by atomic mass is 10.0. The Morgan fingerprint density at radius 3 is 0.984 bits per heavy atom. The minimum absolute atomic E-state index is 0.0835. The van der Waals surface area contributed by atoms with Crippen molar-refractivity contribution in [3.05, 3.63) is 36.5 Å². The monoisotopic (exact) mass is 857 g/mol. The quantitative estimate of drug-likeness (QED) is 0.0199. The average molecular weight is 857 g/mol. The normalized spacial score (nSPS) is 12.2. The zero-order valence-electron chi connectivity index (χ0n) is 40.7. The summed E-state index contributed by atoms with van der Waals surface area (Å²) in [6, 6.07) is 0. The minimum Gasteiger partial charge on any atom is -0.462 e. The molecule has 1 unspecified atom stereocenters. The molecular formula is C55H100O6. The first kappa shape index (κ1) is 58.6. The molecule has 0 aromatic heterocycles. The summed E-state index contributed by atoms with van der Waals surface area (Å²) in [5.74, 6) is -0.914. The summed E-state index contributed by atoms with van der Waals surface area (Å²) < 4.78 is 16.8. The van der Waals surface area contributed by atoms with Crippen LogP contribution in [-0.4, -0.2) is 37.2 Å². The first-order chi connectivity index (χ1) is 30.0. The molecule has 0 aromatic rings. The van der Waals surface area contributed by atoms with Gasteiger partial charge in [-0.1, -0.05) is 231 Å². The highest BCUT2D eigenvalue weighted by Crippen LogP contribution is 2.16. The van der Waals surface area contributed by atoms with Gasteiger partial charge in [-0.25, -0.2) is 0 Å². The van der Waals surface area contributed by atoms with Crippen molar-refractivity contribution in [2.75, 3.05) is 13.2 Å². The number of ether oxygens (including phenoxy) is 3. The molecule has 0 spiro atoms. The van der Waals surface area contributed by atoms with Crippen molar-refractivity contribution < 1.29 is 28.6 Å². The van der Waals surface area contributed by atoms with E-state index in [2.05, 4.69) is 57.2 Å². The third-order valence-electron chi connectivity index (χ3n) is 11.6. The SMILES string of the molecule is CCCC/C=C\CCCCCCC(=O)OCC(COC(=O)CCCCCCCCCCCCCCCCCCC)OC(=O)CCCCC/C=C\C=C/CCCCCCCCC. The van der Waals surface area contributed by atoms with Gasteiger partial charge in [0.15, 0.2) is 6.10 Å². The Bertz CT molecular complexity index is 1030. The van der Waals surface area contributed by atoms with E-state index in [1.165, 1.54) is 148 Å². The van der Waals surface area contributed by atoms with Crippen molar-refractivity contribution in [1.82, 2.24) is 0 Å². The van der Waals surface area contributed by atoms with E-state index in [1.54, 1.807) is 0 Å². The van der Waals surface area contributed by atoms with E-state index in [-0.39, 0.29) is 31.1 Å². The van der Waals surface area contributed by atoms with Crippen molar-refractivity contribution in [2.45, 2.75) is 284 Å². The van der Waals surface area contributed by atoms with Crippen molar-refractivity contribution in [2.24, 2.45) is 0 Å². The Morgan fingerprint density at radius 1 is 0.328 bits per heavy atom. The number of rotatable bonds is 48. The molecular weight excluding hydrogens is 757 g/mol. The first-order valence-corrected chi connectivity index (χ1v) is 26.5. The van der Waals surface area contributed by atoms with Crippen molar-refractivity contribution in [3.63, 3.8) is 0 Å². The fraction of sp³-hybridized carbons (Fsp3) is 0.836. The lowest BCUT2D eigenvalue weighted by Gasteiger charge is -2.18. The molecule has 1 atom stereocenters. The Morgan fingerprint density at radius 2 is 0.607 bits per heavy atom. The van der Waals surface area contributed by atoms with Crippen LogP contribution in [0.5, 0.6) is 0 Å². The fourth-order valence-corrected chi connectivity index (χ4v) is 7.59. The second-order valence-corrected chi connectivity index (χ2v) is 17.8. The molecule has 0 fully saturated rings. The van der Waals surface area contributed by atoms with Crippen LogP contribution in [-0.2, 0) is 28.6 Å². The summed E-state index contributed by atoms with van der Waals surface area (Å²) in [5, 5.41) is 0. The van der Waals surface area contributed by atoms with E-state index >= 15 is 0 Å². The van der Waals surface area contributed by atoms with Crippen LogP contribution in [0.25, 0.3) is 0 Å². The van der Waals surface area contributed by atoms with Crippen LogP contribution in [0.1, 0.15) is 278 Å². The molecule has 0 aliphatic carbocycles. The van der Waals surface area contributed by atoms with Crippen LogP contribution in [0.3, 0.4) is 0 Å². The molecule has 0 N–H and O–H groups in total. The molecule has 0 aliphatic heterocycles. The fourth-order valence-electron chi connectivity index (χ4n) is 7.59. The Kier molecular flexibility index (Phi) is 48.3. The highest BCUT2D eigenvalue weighted by molar-refractivity contribution is 5.71. The van der Waals surface area contributed by atoms with Crippen LogP contribution >= 0.6 is 0 Å². The number of allylic oxidation sites excluding steroid dienone is 6. The van der Waals surface area contributed by atoms with Crippen molar-refractivity contribution in [1.29, 1.82) is 0 Å². The van der Waals surface area contributed by atoms with Gasteiger partial charge in [0.05, 0.1) is 0 Å². The molecule has 0 saturated carbocycles. The van der Waals surface area contributed by atoms with Gasteiger partial charge in [0.25, 0.3) is 0 Å². The summed E-state index contributed by atoms with van der Waals surface area (Å²) in [6.45, 7) is 6.58. The van der Waals surface area contributed by atoms with Gasteiger partial charge in [0.1, 0.15) is 13.2 Å². The van der Waals surface area contributed by atoms with Gasteiger partial charge >= 0.3 is 17.9 Å². The molecule has 0 aliphatic rings. The third kappa shape index (κ3) is 48.5. The van der Waals surface area contributed by atoms with Gasteiger partial charge in [-0.3, -0.25) is 14.4 Å². The highest BCUT2D eigenvalue weighted by atomic mass is 16.6. The molecule has 6 nitrogen and oxygen atoms in total. The Balaban J connectivity index is 4.35. The van der Waals surface area contributed by atoms with Crippen LogP contribution in [0.4, 0.5) is 0 Å². The van der Waals surface area contributed by atoms with Gasteiger partial charge in [0.2, 0.25) is 0 Å². The molecule has 0 amide bonds. The molecule has 356 valence electrons. The second kappa shape index (κ2) is 50.3. The second-order valence-electron chi connectivity index (χ2n) is 17.8. The van der Waals surface area contributed by atoms with Crippen molar-refractivity contribution in [3.8, 4) is 0 Å². The zero-order valence-corrected chi connectivity index (χ0v) is 40.7. The summed E-state index contributed by atoms with van der Waals surface area (Å²) in [5.41, 5.74) is 0. The molecule has 61 heavy (non-hydrogen) atoms. The Labute approximate surface area is 378 Å². The van der Waals surface area contributed by atoms with E-state index < -0.39 is 6.10 Å². The Hall–Kier alpha value is -2.37. The third-order valence-corrected chi connectivity index (χ3v) is 11.6. The minimum atomic E-state index is -0.786. The van der Waals surface area contributed by atoms with E-state index in [4.69, 9.17) is 14.2 Å². The molecule has 0 rings (SSSR count). The lowest BCUT2D eigenvalue weighted by Crippen LogP contribution is -2.30. The molecule has 0 bridgehead atoms. The van der Waals surface area contributed by atoms with Gasteiger partial charge in [-0.05, 0) is 64.2 Å². The molecule has 0 aromatic carbocycles. The van der Waals surface area contributed by atoms with Gasteiger partial charge in [-0.15, -0.1) is 0 Å². The smallest absolute Gasteiger partial charge is 0.306 e. The number of carbonyl (C=O) groups is 3. The molecule has 0 radical (unpaired) electrons. The average Bonchev–Trinajstić information content (AvgIpc) is 3.26. The summed E-state index contributed by atoms with van der Waals surface area (Å²) in [6.07, 6.45) is 58.5. The van der Waals surface area contributed by atoms with Crippen LogP contribution < -0.4 is 0 Å². The van der Waals surface area contributed by atoms with Crippen LogP contribution in [0.2, 0.25) is 0 Å². The number of unbranched alkanes of at least 4 members (excludes halogenated alkanes) is 32. The van der Waals surface area contributed by atoms with Gasteiger partial charge in [-0.2, -0.15) is 0 Å². The van der Waals surface area contributed by atoms with Crippen LogP contribution in [0.15, 0.2) is 36.5 Å². The van der Waals surface area contributed by atoms with E-state index in [0.717, 1.165) is 89.9 Å². The van der Waals surface area contributed by atoms with Gasteiger partial charge in [0, 0.05) is 19.3 Å². The standard InChI is InChI=1S/C55H100O6/c1-4-7-10-13-16-19-22-24-26-28-30-31-33-36-39-42-45-48-54(57)60-51-52(50-59-53(56)47-44-41-38-35-21-18-15-12-9-6-3)61-55(58)49-46-43-40-37-34-32-29-27-25-23-20-17-14-11-8-5-2/h15,18,27,29,32,34,52H,4-14,16-17,19-26,28,30-31,33,35-51H2,1-3H3/b18-15-,29-27-,34-32-. The summed E-state index contributed by atoms with van der Waals surface area (Å²) in [4.78, 5) is 37.9. The zero-order chi connectivity index (χ0) is 44.4. The number of esters is 3. The van der Waals surface area contributed by atoms with Crippen LogP contribution in [0, 0.1) is 0 Å². The van der Waals surface area contributed by atoms with Gasteiger partial charge < -0.3 is 14.2 Å². The maximum Gasteiger partial charge on any atom is 0.306 e. The number of hydrogen-bond donors (Lipinski definition) is 0. The number of carbonyl (C=O) groups excluding carboxylic acids is 3.